The summed E-state index contributed by atoms with van der Waals surface area (Å²) in [6, 6.07) is 15.3. The summed E-state index contributed by atoms with van der Waals surface area (Å²) in [6.07, 6.45) is 0.737. The van der Waals surface area contributed by atoms with Gasteiger partial charge in [-0.1, -0.05) is 41.6 Å². The average molecular weight is 401 g/mol. The van der Waals surface area contributed by atoms with Crippen LogP contribution in [0.1, 0.15) is 27.3 Å². The standard InChI is InChI=1S/C21H19N7O2/c22-19(29)17-8-4-7-16-18(26-27-28(16)17)21-24-15-12-30-10-9-14(15)20(25-21)23-11-13-5-2-1-3-6-13/h1-8H,9-12H2,(H2,22,29)(H,23,24,25). The maximum atomic E-state index is 11.7. The second-order valence-corrected chi connectivity index (χ2v) is 6.97. The molecule has 4 aromatic rings. The molecule has 9 heteroatoms. The summed E-state index contributed by atoms with van der Waals surface area (Å²) in [4.78, 5) is 21.1. The van der Waals surface area contributed by atoms with Gasteiger partial charge in [0.15, 0.2) is 11.5 Å². The number of anilines is 1. The van der Waals surface area contributed by atoms with Gasteiger partial charge in [-0.05, 0) is 17.7 Å². The largest absolute Gasteiger partial charge is 0.375 e. The lowest BCUT2D eigenvalue weighted by Gasteiger charge is -2.20. The fourth-order valence-corrected chi connectivity index (χ4v) is 3.55. The number of hydrogen-bond donors (Lipinski definition) is 2. The molecule has 0 saturated carbocycles. The molecule has 1 aliphatic rings. The quantitative estimate of drug-likeness (QED) is 0.524. The van der Waals surface area contributed by atoms with Crippen LogP contribution in [0, 0.1) is 0 Å². The molecule has 5 rings (SSSR count). The summed E-state index contributed by atoms with van der Waals surface area (Å²) in [7, 11) is 0. The molecule has 1 aliphatic heterocycles. The Kier molecular flexibility index (Phi) is 4.56. The zero-order valence-corrected chi connectivity index (χ0v) is 16.1. The van der Waals surface area contributed by atoms with E-state index in [1.807, 2.05) is 18.2 Å². The van der Waals surface area contributed by atoms with Gasteiger partial charge in [0.1, 0.15) is 11.5 Å². The van der Waals surface area contributed by atoms with E-state index in [1.165, 1.54) is 4.52 Å². The number of hydrogen-bond acceptors (Lipinski definition) is 7. The van der Waals surface area contributed by atoms with Crippen molar-refractivity contribution in [3.8, 4) is 11.5 Å². The van der Waals surface area contributed by atoms with E-state index in [2.05, 4.69) is 32.7 Å². The molecule has 3 N–H and O–H groups in total. The van der Waals surface area contributed by atoms with Gasteiger partial charge in [-0.15, -0.1) is 5.10 Å². The van der Waals surface area contributed by atoms with Crippen LogP contribution in [-0.4, -0.2) is 37.3 Å². The van der Waals surface area contributed by atoms with Crippen molar-refractivity contribution in [1.29, 1.82) is 0 Å². The molecule has 0 spiro atoms. The Bertz CT molecular complexity index is 1240. The third kappa shape index (κ3) is 3.25. The van der Waals surface area contributed by atoms with Crippen LogP contribution in [0.2, 0.25) is 0 Å². The first-order chi connectivity index (χ1) is 14.7. The first-order valence-corrected chi connectivity index (χ1v) is 9.60. The van der Waals surface area contributed by atoms with E-state index in [1.54, 1.807) is 18.2 Å². The Morgan fingerprint density at radius 2 is 2.00 bits per heavy atom. The number of primary amides is 1. The Morgan fingerprint density at radius 1 is 1.13 bits per heavy atom. The summed E-state index contributed by atoms with van der Waals surface area (Å²) in [6.45, 7) is 1.68. The highest BCUT2D eigenvalue weighted by molar-refractivity contribution is 5.92. The second-order valence-electron chi connectivity index (χ2n) is 6.97. The van der Waals surface area contributed by atoms with Crippen LogP contribution in [0.3, 0.4) is 0 Å². The second kappa shape index (κ2) is 7.53. The van der Waals surface area contributed by atoms with Crippen LogP contribution >= 0.6 is 0 Å². The number of nitrogens with one attached hydrogen (secondary N) is 1. The van der Waals surface area contributed by atoms with Crippen molar-refractivity contribution in [3.63, 3.8) is 0 Å². The summed E-state index contributed by atoms with van der Waals surface area (Å²) in [5.74, 6) is 0.600. The lowest BCUT2D eigenvalue weighted by molar-refractivity contribution is 0.0993. The van der Waals surface area contributed by atoms with Crippen molar-refractivity contribution in [2.24, 2.45) is 5.73 Å². The number of nitrogens with two attached hydrogens (primary N) is 1. The number of carbonyl (C=O) groups is 1. The zero-order chi connectivity index (χ0) is 20.5. The maximum Gasteiger partial charge on any atom is 0.267 e. The lowest BCUT2D eigenvalue weighted by Crippen LogP contribution is -2.17. The number of amides is 1. The highest BCUT2D eigenvalue weighted by Gasteiger charge is 2.22. The lowest BCUT2D eigenvalue weighted by atomic mass is 10.1. The summed E-state index contributed by atoms with van der Waals surface area (Å²) < 4.78 is 7.01. The Labute approximate surface area is 171 Å². The molecule has 0 fully saturated rings. The first kappa shape index (κ1) is 18.2. The molecule has 1 amide bonds. The topological polar surface area (TPSA) is 120 Å². The van der Waals surface area contributed by atoms with Crippen molar-refractivity contribution < 1.29 is 9.53 Å². The number of aromatic nitrogens is 5. The van der Waals surface area contributed by atoms with E-state index in [0.29, 0.717) is 36.8 Å². The highest BCUT2D eigenvalue weighted by Crippen LogP contribution is 2.28. The van der Waals surface area contributed by atoms with Gasteiger partial charge in [0.2, 0.25) is 0 Å². The van der Waals surface area contributed by atoms with Crippen LogP contribution in [-0.2, 0) is 24.3 Å². The molecular weight excluding hydrogens is 382 g/mol. The van der Waals surface area contributed by atoms with Crippen LogP contribution in [0.15, 0.2) is 48.5 Å². The molecular formula is C21H19N7O2. The fraction of sp³-hybridized carbons (Fsp3) is 0.190. The van der Waals surface area contributed by atoms with Crippen LogP contribution in [0.4, 0.5) is 5.82 Å². The van der Waals surface area contributed by atoms with Crippen LogP contribution in [0.25, 0.3) is 17.0 Å². The van der Waals surface area contributed by atoms with Crippen molar-refractivity contribution >= 4 is 17.2 Å². The number of carbonyl (C=O) groups excluding carboxylic acids is 1. The molecule has 4 heterocycles. The number of rotatable bonds is 5. The van der Waals surface area contributed by atoms with E-state index >= 15 is 0 Å². The van der Waals surface area contributed by atoms with Gasteiger partial charge in [-0.25, -0.2) is 14.5 Å². The van der Waals surface area contributed by atoms with Crippen molar-refractivity contribution in [2.45, 2.75) is 19.6 Å². The molecule has 9 nitrogen and oxygen atoms in total. The SMILES string of the molecule is NC(=O)c1cccc2c(-c3nc4c(c(NCc5ccccc5)n3)CCOC4)nnn12. The van der Waals surface area contributed by atoms with E-state index in [0.717, 1.165) is 29.1 Å². The molecule has 0 atom stereocenters. The van der Waals surface area contributed by atoms with Gasteiger partial charge in [0.05, 0.1) is 24.4 Å². The Balaban J connectivity index is 1.58. The number of fused-ring (bicyclic) bond motifs is 2. The number of pyridine rings is 1. The van der Waals surface area contributed by atoms with Crippen molar-refractivity contribution in [1.82, 2.24) is 24.8 Å². The molecule has 0 bridgehead atoms. The van der Waals surface area contributed by atoms with Gasteiger partial charge < -0.3 is 15.8 Å². The number of ether oxygens (including phenoxy) is 1. The average Bonchev–Trinajstić information content (AvgIpc) is 3.22. The van der Waals surface area contributed by atoms with Crippen molar-refractivity contribution in [3.05, 3.63) is 71.0 Å². The van der Waals surface area contributed by atoms with Crippen LogP contribution < -0.4 is 11.1 Å². The van der Waals surface area contributed by atoms with Gasteiger partial charge in [-0.3, -0.25) is 4.79 Å². The Hall–Kier alpha value is -3.85. The molecule has 0 unspecified atom stereocenters. The molecule has 30 heavy (non-hydrogen) atoms. The molecule has 0 radical (unpaired) electrons. The van der Waals surface area contributed by atoms with Gasteiger partial charge in [0, 0.05) is 18.5 Å². The summed E-state index contributed by atoms with van der Waals surface area (Å²) in [5.41, 5.74) is 9.82. The van der Waals surface area contributed by atoms with Gasteiger partial charge >= 0.3 is 0 Å². The molecule has 150 valence electrons. The summed E-state index contributed by atoms with van der Waals surface area (Å²) >= 11 is 0. The zero-order valence-electron chi connectivity index (χ0n) is 16.1. The molecule has 1 aromatic carbocycles. The fourth-order valence-electron chi connectivity index (χ4n) is 3.55. The normalized spacial score (nSPS) is 13.2. The third-order valence-corrected chi connectivity index (χ3v) is 5.04. The highest BCUT2D eigenvalue weighted by atomic mass is 16.5. The van der Waals surface area contributed by atoms with E-state index in [9.17, 15) is 4.79 Å². The monoisotopic (exact) mass is 401 g/mol. The Morgan fingerprint density at radius 3 is 2.83 bits per heavy atom. The molecule has 0 saturated heterocycles. The van der Waals surface area contributed by atoms with Gasteiger partial charge in [-0.2, -0.15) is 0 Å². The minimum atomic E-state index is -0.581. The van der Waals surface area contributed by atoms with Crippen LogP contribution in [0.5, 0.6) is 0 Å². The number of benzene rings is 1. The number of nitrogens with zero attached hydrogens (tertiary/aromatic N) is 5. The predicted octanol–water partition coefficient (Wildman–Crippen LogP) is 1.97. The first-order valence-electron chi connectivity index (χ1n) is 9.60. The molecule has 0 aliphatic carbocycles. The van der Waals surface area contributed by atoms with Gasteiger partial charge in [0.25, 0.3) is 5.91 Å². The summed E-state index contributed by atoms with van der Waals surface area (Å²) in [5, 5.41) is 11.7. The predicted molar refractivity (Wildman–Crippen MR) is 110 cm³/mol. The van der Waals surface area contributed by atoms with E-state index in [-0.39, 0.29) is 5.69 Å². The van der Waals surface area contributed by atoms with E-state index in [4.69, 9.17) is 15.5 Å². The third-order valence-electron chi connectivity index (χ3n) is 5.04. The minimum Gasteiger partial charge on any atom is -0.375 e. The minimum absolute atomic E-state index is 0.245. The van der Waals surface area contributed by atoms with E-state index < -0.39 is 5.91 Å². The molecule has 3 aromatic heterocycles. The maximum absolute atomic E-state index is 11.7. The smallest absolute Gasteiger partial charge is 0.267 e. The van der Waals surface area contributed by atoms with Crippen molar-refractivity contribution in [2.75, 3.05) is 11.9 Å².